The van der Waals surface area contributed by atoms with E-state index in [1.54, 1.807) is 0 Å². The fourth-order valence-electron chi connectivity index (χ4n) is 1.96. The Morgan fingerprint density at radius 2 is 2.62 bits per heavy atom. The lowest BCUT2D eigenvalue weighted by molar-refractivity contribution is 0.648. The summed E-state index contributed by atoms with van der Waals surface area (Å²) in [6, 6.07) is 2.69. The Morgan fingerprint density at radius 1 is 1.77 bits per heavy atom. The van der Waals surface area contributed by atoms with Gasteiger partial charge in [0, 0.05) is 18.7 Å². The summed E-state index contributed by atoms with van der Waals surface area (Å²) >= 11 is 1.52. The minimum atomic E-state index is 0.654. The summed E-state index contributed by atoms with van der Waals surface area (Å²) in [4.78, 5) is 2.44. The summed E-state index contributed by atoms with van der Waals surface area (Å²) in [5.74, 6) is 0.654. The predicted octanol–water partition coefficient (Wildman–Crippen LogP) is 2.10. The average molecular weight is 197 g/mol. The van der Waals surface area contributed by atoms with Gasteiger partial charge in [-0.2, -0.15) is 4.37 Å². The molecule has 0 bridgehead atoms. The average Bonchev–Trinajstić information content (AvgIpc) is 2.71. The lowest BCUT2D eigenvalue weighted by atomic mass is 10.2. The van der Waals surface area contributed by atoms with E-state index in [0.29, 0.717) is 11.9 Å². The highest BCUT2D eigenvalue weighted by Gasteiger charge is 2.24. The van der Waals surface area contributed by atoms with Crippen LogP contribution in [0.25, 0.3) is 0 Å². The fourth-order valence-corrected chi connectivity index (χ4v) is 2.73. The number of anilines is 2. The third-order valence-corrected chi connectivity index (χ3v) is 3.49. The standard InChI is InChI=1S/C9H15N3S/c1-2-7-4-3-5-12(7)9-6-8(10)11-13-9/h6-7H,2-5H2,1H3,(H2,10,11). The first-order chi connectivity index (χ1) is 6.31. The topological polar surface area (TPSA) is 42.1 Å². The Bertz CT molecular complexity index is 284. The van der Waals surface area contributed by atoms with Crippen LogP contribution in [0.5, 0.6) is 0 Å². The molecule has 1 atom stereocenters. The molecule has 1 saturated heterocycles. The molecule has 1 aromatic heterocycles. The quantitative estimate of drug-likeness (QED) is 0.789. The maximum Gasteiger partial charge on any atom is 0.139 e. The summed E-state index contributed by atoms with van der Waals surface area (Å²) in [6.07, 6.45) is 3.84. The molecule has 0 amide bonds. The van der Waals surface area contributed by atoms with E-state index in [2.05, 4.69) is 16.2 Å². The van der Waals surface area contributed by atoms with Gasteiger partial charge in [-0.15, -0.1) is 0 Å². The van der Waals surface area contributed by atoms with Crippen molar-refractivity contribution in [1.82, 2.24) is 4.37 Å². The smallest absolute Gasteiger partial charge is 0.139 e. The van der Waals surface area contributed by atoms with E-state index in [0.717, 1.165) is 0 Å². The van der Waals surface area contributed by atoms with Gasteiger partial charge in [0.05, 0.1) is 0 Å². The van der Waals surface area contributed by atoms with Crippen molar-refractivity contribution in [3.8, 4) is 0 Å². The van der Waals surface area contributed by atoms with Crippen molar-refractivity contribution in [2.24, 2.45) is 0 Å². The summed E-state index contributed by atoms with van der Waals surface area (Å²) < 4.78 is 4.11. The van der Waals surface area contributed by atoms with Gasteiger partial charge < -0.3 is 10.6 Å². The Balaban J connectivity index is 2.15. The number of nitrogens with zero attached hydrogens (tertiary/aromatic N) is 2. The van der Waals surface area contributed by atoms with Crippen LogP contribution in [-0.2, 0) is 0 Å². The highest BCUT2D eigenvalue weighted by atomic mass is 32.1. The first-order valence-electron chi connectivity index (χ1n) is 4.80. The van der Waals surface area contributed by atoms with Crippen LogP contribution in [0.1, 0.15) is 26.2 Å². The summed E-state index contributed by atoms with van der Waals surface area (Å²) in [5.41, 5.74) is 5.61. The molecule has 2 heterocycles. The maximum absolute atomic E-state index is 5.61. The maximum atomic E-state index is 5.61. The van der Waals surface area contributed by atoms with E-state index in [4.69, 9.17) is 5.73 Å². The van der Waals surface area contributed by atoms with Crippen LogP contribution in [0, 0.1) is 0 Å². The van der Waals surface area contributed by atoms with Crippen molar-refractivity contribution < 1.29 is 0 Å². The molecule has 1 aliphatic rings. The zero-order chi connectivity index (χ0) is 9.26. The molecular formula is C9H15N3S. The molecule has 0 saturated carbocycles. The van der Waals surface area contributed by atoms with E-state index in [-0.39, 0.29) is 0 Å². The predicted molar refractivity (Wildman–Crippen MR) is 57.2 cm³/mol. The number of hydrogen-bond acceptors (Lipinski definition) is 4. The fraction of sp³-hybridized carbons (Fsp3) is 0.667. The van der Waals surface area contributed by atoms with Gasteiger partial charge in [-0.3, -0.25) is 0 Å². The number of hydrogen-bond donors (Lipinski definition) is 1. The van der Waals surface area contributed by atoms with Crippen molar-refractivity contribution >= 4 is 22.4 Å². The Hall–Kier alpha value is -0.770. The van der Waals surface area contributed by atoms with E-state index in [1.165, 1.54) is 42.3 Å². The molecule has 0 aliphatic carbocycles. The second-order valence-corrected chi connectivity index (χ2v) is 4.27. The van der Waals surface area contributed by atoms with E-state index in [1.807, 2.05) is 6.07 Å². The monoisotopic (exact) mass is 197 g/mol. The minimum absolute atomic E-state index is 0.654. The summed E-state index contributed by atoms with van der Waals surface area (Å²) in [7, 11) is 0. The molecule has 0 spiro atoms. The molecule has 0 radical (unpaired) electrons. The first kappa shape index (κ1) is 8.81. The van der Waals surface area contributed by atoms with Crippen LogP contribution in [0.15, 0.2) is 6.07 Å². The molecular weight excluding hydrogens is 182 g/mol. The van der Waals surface area contributed by atoms with Crippen LogP contribution in [-0.4, -0.2) is 17.0 Å². The molecule has 1 unspecified atom stereocenters. The van der Waals surface area contributed by atoms with Gasteiger partial charge in [0.1, 0.15) is 10.8 Å². The van der Waals surface area contributed by atoms with E-state index >= 15 is 0 Å². The van der Waals surface area contributed by atoms with Crippen LogP contribution in [0.3, 0.4) is 0 Å². The van der Waals surface area contributed by atoms with Gasteiger partial charge in [0.15, 0.2) is 0 Å². The largest absolute Gasteiger partial charge is 0.383 e. The lowest BCUT2D eigenvalue weighted by Gasteiger charge is -2.23. The second kappa shape index (κ2) is 3.54. The highest BCUT2D eigenvalue weighted by molar-refractivity contribution is 7.10. The van der Waals surface area contributed by atoms with Gasteiger partial charge >= 0.3 is 0 Å². The normalized spacial score (nSPS) is 22.5. The zero-order valence-corrected chi connectivity index (χ0v) is 8.68. The molecule has 1 aromatic rings. The number of rotatable bonds is 2. The van der Waals surface area contributed by atoms with Gasteiger partial charge in [-0.05, 0) is 30.8 Å². The van der Waals surface area contributed by atoms with Crippen molar-refractivity contribution in [3.05, 3.63) is 6.07 Å². The third kappa shape index (κ3) is 1.63. The number of nitrogens with two attached hydrogens (primary N) is 1. The summed E-state index contributed by atoms with van der Waals surface area (Å²) in [5, 5.41) is 1.24. The van der Waals surface area contributed by atoms with Crippen molar-refractivity contribution in [3.63, 3.8) is 0 Å². The van der Waals surface area contributed by atoms with Gasteiger partial charge in [-0.25, -0.2) is 0 Å². The van der Waals surface area contributed by atoms with Gasteiger partial charge in [-0.1, -0.05) is 6.92 Å². The highest BCUT2D eigenvalue weighted by Crippen LogP contribution is 2.31. The van der Waals surface area contributed by atoms with Crippen LogP contribution in [0.4, 0.5) is 10.8 Å². The molecule has 0 aromatic carbocycles. The lowest BCUT2D eigenvalue weighted by Crippen LogP contribution is -2.27. The molecule has 2 N–H and O–H groups in total. The zero-order valence-electron chi connectivity index (χ0n) is 7.86. The SMILES string of the molecule is CCC1CCCN1c1cc(N)ns1. The first-order valence-corrected chi connectivity index (χ1v) is 5.57. The molecule has 1 fully saturated rings. The number of aromatic nitrogens is 1. The Labute approximate surface area is 82.7 Å². The third-order valence-electron chi connectivity index (χ3n) is 2.65. The molecule has 72 valence electrons. The van der Waals surface area contributed by atoms with Crippen molar-refractivity contribution in [2.45, 2.75) is 32.2 Å². The van der Waals surface area contributed by atoms with Gasteiger partial charge in [0.25, 0.3) is 0 Å². The van der Waals surface area contributed by atoms with Crippen molar-refractivity contribution in [1.29, 1.82) is 0 Å². The van der Waals surface area contributed by atoms with Crippen LogP contribution >= 0.6 is 11.5 Å². The Kier molecular flexibility index (Phi) is 2.40. The number of nitrogen functional groups attached to an aromatic ring is 1. The molecule has 13 heavy (non-hydrogen) atoms. The minimum Gasteiger partial charge on any atom is -0.383 e. The molecule has 2 rings (SSSR count). The van der Waals surface area contributed by atoms with Crippen LogP contribution in [0.2, 0.25) is 0 Å². The Morgan fingerprint density at radius 3 is 3.23 bits per heavy atom. The van der Waals surface area contributed by atoms with Crippen LogP contribution < -0.4 is 10.6 Å². The van der Waals surface area contributed by atoms with E-state index < -0.39 is 0 Å². The van der Waals surface area contributed by atoms with Crippen molar-refractivity contribution in [2.75, 3.05) is 17.2 Å². The van der Waals surface area contributed by atoms with Gasteiger partial charge in [0.2, 0.25) is 0 Å². The second-order valence-electron chi connectivity index (χ2n) is 3.49. The van der Waals surface area contributed by atoms with E-state index in [9.17, 15) is 0 Å². The summed E-state index contributed by atoms with van der Waals surface area (Å²) in [6.45, 7) is 3.41. The molecule has 4 heteroatoms. The molecule has 1 aliphatic heterocycles. The molecule has 3 nitrogen and oxygen atoms in total.